The molecular weight excluding hydrogens is 240 g/mol. The predicted octanol–water partition coefficient (Wildman–Crippen LogP) is 0.716. The third-order valence-corrected chi connectivity index (χ3v) is 2.48. The standard InChI is InChI=1S/C10H16N4O4/c1-7(2)13(5-8(15)18-4)10-9(14(16)17)11-6-12(10)3/h6-7H,5H2,1-4H3. The number of aromatic nitrogens is 2. The molecule has 8 nitrogen and oxygen atoms in total. The summed E-state index contributed by atoms with van der Waals surface area (Å²) in [7, 11) is 2.92. The van der Waals surface area contributed by atoms with Gasteiger partial charge in [0.2, 0.25) is 12.1 Å². The van der Waals surface area contributed by atoms with Crippen LogP contribution >= 0.6 is 0 Å². The van der Waals surface area contributed by atoms with Gasteiger partial charge in [-0.15, -0.1) is 0 Å². The van der Waals surface area contributed by atoms with Crippen LogP contribution < -0.4 is 4.90 Å². The molecule has 0 bridgehead atoms. The Morgan fingerprint density at radius 2 is 2.28 bits per heavy atom. The Kier molecular flexibility index (Phi) is 4.24. The summed E-state index contributed by atoms with van der Waals surface area (Å²) in [5.74, 6) is -0.435. The molecule has 1 aromatic heterocycles. The zero-order valence-corrected chi connectivity index (χ0v) is 10.8. The zero-order valence-electron chi connectivity index (χ0n) is 10.8. The highest BCUT2D eigenvalue weighted by Gasteiger charge is 2.28. The minimum absolute atomic E-state index is 0.0610. The van der Waals surface area contributed by atoms with Gasteiger partial charge in [0, 0.05) is 13.1 Å². The van der Waals surface area contributed by atoms with Gasteiger partial charge in [-0.2, -0.15) is 0 Å². The Morgan fingerprint density at radius 3 is 2.72 bits per heavy atom. The average molecular weight is 256 g/mol. The Morgan fingerprint density at radius 1 is 1.67 bits per heavy atom. The van der Waals surface area contributed by atoms with Gasteiger partial charge in [0.1, 0.15) is 6.54 Å². The molecule has 0 radical (unpaired) electrons. The third kappa shape index (κ3) is 2.76. The molecule has 0 N–H and O–H groups in total. The molecule has 100 valence electrons. The first-order chi connectivity index (χ1) is 8.38. The Labute approximate surface area is 104 Å². The number of hydrogen-bond donors (Lipinski definition) is 0. The number of nitrogens with zero attached hydrogens (tertiary/aromatic N) is 4. The van der Waals surface area contributed by atoms with Crippen LogP contribution in [0.4, 0.5) is 11.6 Å². The smallest absolute Gasteiger partial charge is 0.406 e. The van der Waals surface area contributed by atoms with Gasteiger partial charge in [0.15, 0.2) is 0 Å². The lowest BCUT2D eigenvalue weighted by Crippen LogP contribution is -2.37. The number of hydrogen-bond acceptors (Lipinski definition) is 6. The van der Waals surface area contributed by atoms with Gasteiger partial charge in [0.25, 0.3) is 0 Å². The van der Waals surface area contributed by atoms with E-state index in [-0.39, 0.29) is 18.4 Å². The molecule has 0 unspecified atom stereocenters. The monoisotopic (exact) mass is 256 g/mol. The summed E-state index contributed by atoms with van der Waals surface area (Å²) in [6.07, 6.45) is 1.35. The van der Waals surface area contributed by atoms with Gasteiger partial charge in [-0.1, -0.05) is 0 Å². The lowest BCUT2D eigenvalue weighted by Gasteiger charge is -2.26. The van der Waals surface area contributed by atoms with Crippen molar-refractivity contribution >= 4 is 17.6 Å². The van der Waals surface area contributed by atoms with Gasteiger partial charge in [-0.3, -0.25) is 9.36 Å². The van der Waals surface area contributed by atoms with E-state index in [1.807, 2.05) is 13.8 Å². The topological polar surface area (TPSA) is 90.5 Å². The molecule has 0 aromatic carbocycles. The second-order valence-electron chi connectivity index (χ2n) is 4.06. The number of carbonyl (C=O) groups is 1. The third-order valence-electron chi connectivity index (χ3n) is 2.48. The molecule has 0 saturated carbocycles. The van der Waals surface area contributed by atoms with Crippen LogP contribution in [-0.4, -0.2) is 40.1 Å². The maximum atomic E-state index is 11.4. The van der Waals surface area contributed by atoms with Crippen molar-refractivity contribution in [2.24, 2.45) is 7.05 Å². The van der Waals surface area contributed by atoms with Crippen molar-refractivity contribution < 1.29 is 14.5 Å². The number of ether oxygens (including phenoxy) is 1. The number of esters is 1. The fraction of sp³-hybridized carbons (Fsp3) is 0.600. The molecule has 18 heavy (non-hydrogen) atoms. The minimum Gasteiger partial charge on any atom is -0.468 e. The van der Waals surface area contributed by atoms with E-state index in [4.69, 9.17) is 0 Å². The van der Waals surface area contributed by atoms with Crippen LogP contribution in [0.3, 0.4) is 0 Å². The highest BCUT2D eigenvalue weighted by Crippen LogP contribution is 2.27. The van der Waals surface area contributed by atoms with Crippen LogP contribution in [0.25, 0.3) is 0 Å². The van der Waals surface area contributed by atoms with Crippen molar-refractivity contribution in [1.82, 2.24) is 9.55 Å². The highest BCUT2D eigenvalue weighted by molar-refractivity contribution is 5.76. The van der Waals surface area contributed by atoms with E-state index in [0.717, 1.165) is 0 Å². The Hall–Kier alpha value is -2.12. The molecule has 8 heteroatoms. The lowest BCUT2D eigenvalue weighted by atomic mass is 10.3. The van der Waals surface area contributed by atoms with Crippen molar-refractivity contribution in [2.45, 2.75) is 19.9 Å². The summed E-state index contributed by atoms with van der Waals surface area (Å²) in [5.41, 5.74) is 0. The van der Waals surface area contributed by atoms with E-state index in [0.29, 0.717) is 5.82 Å². The second-order valence-corrected chi connectivity index (χ2v) is 4.06. The summed E-state index contributed by atoms with van der Waals surface area (Å²) < 4.78 is 6.10. The van der Waals surface area contributed by atoms with Crippen molar-refractivity contribution in [3.05, 3.63) is 16.4 Å². The number of imidazole rings is 1. The van der Waals surface area contributed by atoms with Gasteiger partial charge in [-0.25, -0.2) is 0 Å². The van der Waals surface area contributed by atoms with Crippen LogP contribution in [-0.2, 0) is 16.6 Å². The molecule has 0 spiro atoms. The molecule has 0 saturated heterocycles. The van der Waals surface area contributed by atoms with E-state index in [1.165, 1.54) is 18.0 Å². The van der Waals surface area contributed by atoms with Crippen molar-refractivity contribution in [1.29, 1.82) is 0 Å². The van der Waals surface area contributed by atoms with Gasteiger partial charge < -0.3 is 19.8 Å². The quantitative estimate of drug-likeness (QED) is 0.438. The average Bonchev–Trinajstić information content (AvgIpc) is 2.67. The predicted molar refractivity (Wildman–Crippen MR) is 64.4 cm³/mol. The summed E-state index contributed by atoms with van der Waals surface area (Å²) in [4.78, 5) is 27.0. The van der Waals surface area contributed by atoms with E-state index >= 15 is 0 Å². The van der Waals surface area contributed by atoms with Crippen LogP contribution in [0.1, 0.15) is 13.8 Å². The highest BCUT2D eigenvalue weighted by atomic mass is 16.6. The first kappa shape index (κ1) is 13.9. The van der Waals surface area contributed by atoms with Crippen LogP contribution in [0.2, 0.25) is 0 Å². The molecule has 1 aromatic rings. The maximum Gasteiger partial charge on any atom is 0.406 e. The largest absolute Gasteiger partial charge is 0.468 e. The number of methoxy groups -OCH3 is 1. The van der Waals surface area contributed by atoms with Crippen LogP contribution in [0.5, 0.6) is 0 Å². The second kappa shape index (κ2) is 5.48. The molecule has 0 fully saturated rings. The number of nitro groups is 1. The number of carbonyl (C=O) groups excluding carboxylic acids is 1. The van der Waals surface area contributed by atoms with E-state index in [2.05, 4.69) is 9.72 Å². The van der Waals surface area contributed by atoms with E-state index < -0.39 is 10.9 Å². The molecule has 0 atom stereocenters. The van der Waals surface area contributed by atoms with Crippen LogP contribution in [0, 0.1) is 10.1 Å². The molecule has 1 heterocycles. The van der Waals surface area contributed by atoms with E-state index in [1.54, 1.807) is 11.9 Å². The molecule has 0 aliphatic carbocycles. The Bertz CT molecular complexity index is 455. The molecule has 0 amide bonds. The van der Waals surface area contributed by atoms with Crippen molar-refractivity contribution in [3.63, 3.8) is 0 Å². The SMILES string of the molecule is COC(=O)CN(c1c([N+](=O)[O-])ncn1C)C(C)C. The molecular formula is C10H16N4O4. The molecule has 0 aliphatic rings. The number of aryl methyl sites for hydroxylation is 1. The van der Waals surface area contributed by atoms with E-state index in [9.17, 15) is 14.9 Å². The fourth-order valence-corrected chi connectivity index (χ4v) is 1.58. The van der Waals surface area contributed by atoms with Gasteiger partial charge >= 0.3 is 11.8 Å². The van der Waals surface area contributed by atoms with Crippen molar-refractivity contribution in [2.75, 3.05) is 18.6 Å². The number of rotatable bonds is 5. The lowest BCUT2D eigenvalue weighted by molar-refractivity contribution is -0.388. The first-order valence-corrected chi connectivity index (χ1v) is 5.37. The summed E-state index contributed by atoms with van der Waals surface area (Å²) >= 11 is 0. The number of anilines is 1. The normalized spacial score (nSPS) is 10.5. The Balaban J connectivity index is 3.17. The summed E-state index contributed by atoms with van der Waals surface area (Å²) in [6, 6.07) is -0.0989. The maximum absolute atomic E-state index is 11.4. The molecule has 1 rings (SSSR count). The summed E-state index contributed by atoms with van der Waals surface area (Å²) in [6.45, 7) is 3.61. The first-order valence-electron chi connectivity index (χ1n) is 5.37. The van der Waals surface area contributed by atoms with Crippen LogP contribution in [0.15, 0.2) is 6.33 Å². The van der Waals surface area contributed by atoms with Gasteiger partial charge in [-0.05, 0) is 23.8 Å². The minimum atomic E-state index is -0.567. The van der Waals surface area contributed by atoms with Crippen molar-refractivity contribution in [3.8, 4) is 0 Å². The summed E-state index contributed by atoms with van der Waals surface area (Å²) in [5, 5.41) is 10.9. The zero-order chi connectivity index (χ0) is 13.9. The fourth-order valence-electron chi connectivity index (χ4n) is 1.58. The van der Waals surface area contributed by atoms with Gasteiger partial charge in [0.05, 0.1) is 7.11 Å². The molecule has 0 aliphatic heterocycles.